The number of fused-ring (bicyclic) bond motifs is 2. The first-order chi connectivity index (χ1) is 18.5. The first-order valence-corrected chi connectivity index (χ1v) is 13.2. The van der Waals surface area contributed by atoms with E-state index < -0.39 is 0 Å². The molecule has 3 aliphatic rings. The fourth-order valence-corrected chi connectivity index (χ4v) is 5.97. The number of rotatable bonds is 8. The third-order valence-electron chi connectivity index (χ3n) is 7.96. The summed E-state index contributed by atoms with van der Waals surface area (Å²) in [6, 6.07) is 9.92. The Morgan fingerprint density at radius 2 is 2.03 bits per heavy atom. The van der Waals surface area contributed by atoms with E-state index in [1.807, 2.05) is 40.0 Å². The Kier molecular flexibility index (Phi) is 6.45. The van der Waals surface area contributed by atoms with Gasteiger partial charge in [-0.05, 0) is 62.6 Å². The Labute approximate surface area is 221 Å². The molecule has 38 heavy (non-hydrogen) atoms. The second-order valence-corrected chi connectivity index (χ2v) is 10.5. The van der Waals surface area contributed by atoms with Gasteiger partial charge >= 0.3 is 0 Å². The maximum absolute atomic E-state index is 13.4. The van der Waals surface area contributed by atoms with Crippen molar-refractivity contribution < 1.29 is 14.6 Å². The monoisotopic (exact) mass is 513 g/mol. The fourth-order valence-electron chi connectivity index (χ4n) is 5.97. The minimum Gasteiger partial charge on any atom is -0.493 e. The minimum atomic E-state index is -0.316. The molecule has 0 spiro atoms. The van der Waals surface area contributed by atoms with Gasteiger partial charge in [0.25, 0.3) is 5.91 Å². The molecular weight excluding hydrogens is 482 g/mol. The summed E-state index contributed by atoms with van der Waals surface area (Å²) in [6.45, 7) is 0. The van der Waals surface area contributed by atoms with Crippen LogP contribution in [0.2, 0.25) is 0 Å². The lowest BCUT2D eigenvalue weighted by Crippen LogP contribution is -2.48. The molecule has 3 atom stereocenters. The standard InChI is InChI=1S/C28H31N7O3/c1-38-25-15-30-28(33-26(25)19-14-31-34(16-19)24(9-10-29)17-5-6-17)32-20-4-2-3-18(11-20)27(37)35-21-7-8-22(35)13-23(36)12-21/h2-4,11,14-17,21-24,36H,5-9,12-13H2,1H3,(H,30,32,33). The highest BCUT2D eigenvalue weighted by molar-refractivity contribution is 5.96. The van der Waals surface area contributed by atoms with E-state index in [-0.39, 0.29) is 30.1 Å². The van der Waals surface area contributed by atoms with E-state index in [1.165, 1.54) is 0 Å². The van der Waals surface area contributed by atoms with Gasteiger partial charge in [-0.2, -0.15) is 10.4 Å². The van der Waals surface area contributed by atoms with Crippen molar-refractivity contribution in [1.29, 1.82) is 5.26 Å². The largest absolute Gasteiger partial charge is 0.493 e. The number of benzene rings is 1. The molecule has 196 valence electrons. The van der Waals surface area contributed by atoms with Gasteiger partial charge in [0.05, 0.1) is 44.1 Å². The van der Waals surface area contributed by atoms with Crippen molar-refractivity contribution in [3.8, 4) is 23.1 Å². The van der Waals surface area contributed by atoms with Crippen molar-refractivity contribution >= 4 is 17.5 Å². The quantitative estimate of drug-likeness (QED) is 0.461. The van der Waals surface area contributed by atoms with E-state index in [2.05, 4.69) is 21.5 Å². The number of amides is 1. The molecular formula is C28H31N7O3. The molecule has 1 saturated carbocycles. The number of hydrogen-bond acceptors (Lipinski definition) is 8. The van der Waals surface area contributed by atoms with Crippen LogP contribution in [0.25, 0.3) is 11.3 Å². The van der Waals surface area contributed by atoms with Gasteiger partial charge in [-0.3, -0.25) is 9.48 Å². The maximum atomic E-state index is 13.4. The number of aliphatic hydroxyl groups excluding tert-OH is 1. The molecule has 4 heterocycles. The third-order valence-corrected chi connectivity index (χ3v) is 7.96. The lowest BCUT2D eigenvalue weighted by atomic mass is 9.98. The van der Waals surface area contributed by atoms with Crippen LogP contribution < -0.4 is 10.1 Å². The number of methoxy groups -OCH3 is 1. The van der Waals surface area contributed by atoms with Gasteiger partial charge in [0.15, 0.2) is 5.75 Å². The molecule has 2 aliphatic heterocycles. The van der Waals surface area contributed by atoms with Gasteiger partial charge in [0.2, 0.25) is 5.95 Å². The summed E-state index contributed by atoms with van der Waals surface area (Å²) in [5, 5.41) is 27.1. The van der Waals surface area contributed by atoms with E-state index in [0.717, 1.165) is 31.2 Å². The molecule has 1 amide bonds. The van der Waals surface area contributed by atoms with E-state index in [1.54, 1.807) is 19.5 Å². The summed E-state index contributed by atoms with van der Waals surface area (Å²) in [7, 11) is 1.57. The number of nitrogens with one attached hydrogen (secondary N) is 1. The molecule has 0 radical (unpaired) electrons. The van der Waals surface area contributed by atoms with E-state index in [0.29, 0.717) is 53.8 Å². The number of nitriles is 1. The molecule has 2 bridgehead atoms. The number of hydrogen-bond donors (Lipinski definition) is 2. The Bertz CT molecular complexity index is 1360. The second-order valence-electron chi connectivity index (χ2n) is 10.5. The smallest absolute Gasteiger partial charge is 0.254 e. The number of carbonyl (C=O) groups is 1. The fraction of sp³-hybridized carbons (Fsp3) is 0.464. The predicted octanol–water partition coefficient (Wildman–Crippen LogP) is 4.08. The van der Waals surface area contributed by atoms with Crippen molar-refractivity contribution in [3.63, 3.8) is 0 Å². The molecule has 2 saturated heterocycles. The van der Waals surface area contributed by atoms with Gasteiger partial charge < -0.3 is 20.1 Å². The molecule has 3 unspecified atom stereocenters. The van der Waals surface area contributed by atoms with Crippen molar-refractivity contribution in [2.75, 3.05) is 12.4 Å². The molecule has 1 aromatic carbocycles. The Hall–Kier alpha value is -3.97. The highest BCUT2D eigenvalue weighted by Crippen LogP contribution is 2.42. The van der Waals surface area contributed by atoms with Gasteiger partial charge in [-0.15, -0.1) is 0 Å². The van der Waals surface area contributed by atoms with Crippen molar-refractivity contribution in [2.24, 2.45) is 5.92 Å². The average Bonchev–Trinajstić information content (AvgIpc) is 3.58. The normalized spacial score (nSPS) is 23.1. The molecule has 2 aromatic heterocycles. The van der Waals surface area contributed by atoms with Crippen LogP contribution in [0.4, 0.5) is 11.6 Å². The summed E-state index contributed by atoms with van der Waals surface area (Å²) in [5.41, 5.74) is 2.68. The van der Waals surface area contributed by atoms with Gasteiger partial charge in [0, 0.05) is 35.1 Å². The van der Waals surface area contributed by atoms with Crippen LogP contribution in [0.5, 0.6) is 5.75 Å². The Morgan fingerprint density at radius 1 is 1.24 bits per heavy atom. The molecule has 2 N–H and O–H groups in total. The number of nitrogens with zero attached hydrogens (tertiary/aromatic N) is 6. The van der Waals surface area contributed by atoms with Gasteiger partial charge in [-0.1, -0.05) is 6.07 Å². The van der Waals surface area contributed by atoms with E-state index in [4.69, 9.17) is 9.72 Å². The first-order valence-electron chi connectivity index (χ1n) is 13.2. The lowest BCUT2D eigenvalue weighted by Gasteiger charge is -2.37. The predicted molar refractivity (Wildman–Crippen MR) is 140 cm³/mol. The van der Waals surface area contributed by atoms with Crippen LogP contribution in [0, 0.1) is 17.2 Å². The number of carbonyl (C=O) groups excluding carboxylic acids is 1. The number of anilines is 2. The SMILES string of the molecule is COc1cnc(Nc2cccc(C(=O)N3C4CCC3CC(O)C4)c2)nc1-c1cnn(C(CC#N)C2CC2)c1. The van der Waals surface area contributed by atoms with Crippen LogP contribution in [-0.4, -0.2) is 61.0 Å². The zero-order valence-corrected chi connectivity index (χ0v) is 21.3. The van der Waals surface area contributed by atoms with Crippen molar-refractivity contribution in [1.82, 2.24) is 24.6 Å². The van der Waals surface area contributed by atoms with Crippen molar-refractivity contribution in [3.05, 3.63) is 48.4 Å². The zero-order chi connectivity index (χ0) is 26.2. The van der Waals surface area contributed by atoms with E-state index >= 15 is 0 Å². The second kappa shape index (κ2) is 10.1. The molecule has 1 aliphatic carbocycles. The summed E-state index contributed by atoms with van der Waals surface area (Å²) >= 11 is 0. The average molecular weight is 514 g/mol. The number of piperidine rings is 1. The van der Waals surface area contributed by atoms with Crippen LogP contribution >= 0.6 is 0 Å². The summed E-state index contributed by atoms with van der Waals surface area (Å²) in [5.74, 6) is 1.38. The van der Waals surface area contributed by atoms with Crippen LogP contribution in [0.1, 0.15) is 61.3 Å². The lowest BCUT2D eigenvalue weighted by molar-refractivity contribution is 0.0287. The zero-order valence-electron chi connectivity index (χ0n) is 21.3. The summed E-state index contributed by atoms with van der Waals surface area (Å²) < 4.78 is 7.39. The molecule has 10 nitrogen and oxygen atoms in total. The first kappa shape index (κ1) is 24.4. The van der Waals surface area contributed by atoms with Crippen molar-refractivity contribution in [2.45, 2.75) is 69.2 Å². The van der Waals surface area contributed by atoms with E-state index in [9.17, 15) is 15.2 Å². The number of aromatic nitrogens is 4. The highest BCUT2D eigenvalue weighted by atomic mass is 16.5. The number of aliphatic hydroxyl groups is 1. The molecule has 3 aromatic rings. The topological polar surface area (TPSA) is 129 Å². The van der Waals surface area contributed by atoms with Crippen LogP contribution in [-0.2, 0) is 0 Å². The van der Waals surface area contributed by atoms with Crippen LogP contribution in [0.15, 0.2) is 42.9 Å². The minimum absolute atomic E-state index is 0.000566. The van der Waals surface area contributed by atoms with Gasteiger partial charge in [0.1, 0.15) is 5.69 Å². The summed E-state index contributed by atoms with van der Waals surface area (Å²) in [4.78, 5) is 24.5. The third kappa shape index (κ3) is 4.70. The molecule has 3 fully saturated rings. The maximum Gasteiger partial charge on any atom is 0.254 e. The van der Waals surface area contributed by atoms with Gasteiger partial charge in [-0.25, -0.2) is 9.97 Å². The molecule has 6 rings (SSSR count). The van der Waals surface area contributed by atoms with Crippen LogP contribution in [0.3, 0.4) is 0 Å². The molecule has 10 heteroatoms. The highest BCUT2D eigenvalue weighted by Gasteiger charge is 2.43. The Morgan fingerprint density at radius 3 is 2.74 bits per heavy atom. The number of ether oxygens (including phenoxy) is 1. The Balaban J connectivity index is 1.23. The summed E-state index contributed by atoms with van der Waals surface area (Å²) in [6.07, 6.45) is 10.8.